The summed E-state index contributed by atoms with van der Waals surface area (Å²) in [5.74, 6) is -3.10. The molecule has 3 aromatic carbocycles. The predicted molar refractivity (Wildman–Crippen MR) is 133 cm³/mol. The molecular formula is C23H14BrCl2FN4O3. The molecular weight excluding hydrogens is 550 g/mol. The maximum atomic E-state index is 13.2. The quantitative estimate of drug-likeness (QED) is 0.274. The van der Waals surface area contributed by atoms with Crippen LogP contribution in [-0.4, -0.2) is 22.4 Å². The summed E-state index contributed by atoms with van der Waals surface area (Å²) >= 11 is 15.4. The highest BCUT2D eigenvalue weighted by Crippen LogP contribution is 2.29. The largest absolute Gasteiger partial charge is 0.328 e. The number of anilines is 2. The molecule has 0 saturated carbocycles. The molecule has 34 heavy (non-hydrogen) atoms. The number of nitrogens with zero attached hydrogens (tertiary/aromatic N) is 1. The average molecular weight is 564 g/mol. The Kier molecular flexibility index (Phi) is 6.87. The third-order valence-electron chi connectivity index (χ3n) is 4.72. The minimum Gasteiger partial charge on any atom is -0.321 e. The first-order chi connectivity index (χ1) is 16.2. The number of fused-ring (bicyclic) bond motifs is 1. The molecule has 1 heterocycles. The SMILES string of the molecule is O=C(Nc1cccc(Cl)c1Cl)C(=O)Nn1c(C(=O)Nc2ccc(F)cc2)cc2cc(Br)ccc21. The number of carbonyl (C=O) groups excluding carboxylic acids is 3. The zero-order valence-corrected chi connectivity index (χ0v) is 20.1. The molecule has 0 bridgehead atoms. The van der Waals surface area contributed by atoms with Crippen LogP contribution in [-0.2, 0) is 9.59 Å². The summed E-state index contributed by atoms with van der Waals surface area (Å²) in [5.41, 5.74) is 3.45. The normalized spacial score (nSPS) is 10.7. The minimum absolute atomic E-state index is 0.0411. The molecule has 0 radical (unpaired) electrons. The lowest BCUT2D eigenvalue weighted by molar-refractivity contribution is -0.133. The molecule has 7 nitrogen and oxygen atoms in total. The van der Waals surface area contributed by atoms with Crippen LogP contribution in [0.25, 0.3) is 10.9 Å². The summed E-state index contributed by atoms with van der Waals surface area (Å²) in [4.78, 5) is 38.2. The van der Waals surface area contributed by atoms with E-state index in [1.807, 2.05) is 0 Å². The van der Waals surface area contributed by atoms with Crippen molar-refractivity contribution in [3.63, 3.8) is 0 Å². The number of nitrogens with one attached hydrogen (secondary N) is 3. The topological polar surface area (TPSA) is 92.2 Å². The molecule has 0 aliphatic heterocycles. The smallest absolute Gasteiger partial charge is 0.321 e. The molecule has 1 aromatic heterocycles. The highest BCUT2D eigenvalue weighted by Gasteiger charge is 2.22. The number of halogens is 4. The molecule has 4 aromatic rings. The first-order valence-corrected chi connectivity index (χ1v) is 11.2. The van der Waals surface area contributed by atoms with Gasteiger partial charge in [0, 0.05) is 15.5 Å². The Morgan fingerprint density at radius 1 is 0.882 bits per heavy atom. The molecule has 172 valence electrons. The van der Waals surface area contributed by atoms with Gasteiger partial charge in [0.25, 0.3) is 5.91 Å². The molecule has 3 N–H and O–H groups in total. The van der Waals surface area contributed by atoms with E-state index in [9.17, 15) is 18.8 Å². The molecule has 0 spiro atoms. The van der Waals surface area contributed by atoms with Gasteiger partial charge in [0.05, 0.1) is 21.2 Å². The number of amides is 3. The Bertz CT molecular complexity index is 1440. The first-order valence-electron chi connectivity index (χ1n) is 9.67. The summed E-state index contributed by atoms with van der Waals surface area (Å²) in [6, 6.07) is 16.5. The fourth-order valence-corrected chi connectivity index (χ4v) is 3.86. The summed E-state index contributed by atoms with van der Waals surface area (Å²) in [6.45, 7) is 0. The number of rotatable bonds is 4. The van der Waals surface area contributed by atoms with Crippen LogP contribution >= 0.6 is 39.1 Å². The average Bonchev–Trinajstić information content (AvgIpc) is 3.15. The van der Waals surface area contributed by atoms with E-state index in [-0.39, 0.29) is 21.4 Å². The fourth-order valence-electron chi connectivity index (χ4n) is 3.13. The van der Waals surface area contributed by atoms with Crippen molar-refractivity contribution in [2.45, 2.75) is 0 Å². The van der Waals surface area contributed by atoms with Crippen LogP contribution in [0.2, 0.25) is 10.0 Å². The Labute approximate surface area is 210 Å². The van der Waals surface area contributed by atoms with Gasteiger partial charge in [-0.05, 0) is 60.7 Å². The second-order valence-electron chi connectivity index (χ2n) is 7.03. The number of aromatic nitrogens is 1. The lowest BCUT2D eigenvalue weighted by atomic mass is 10.2. The van der Waals surface area contributed by atoms with E-state index < -0.39 is 23.5 Å². The van der Waals surface area contributed by atoms with Crippen LogP contribution in [0.1, 0.15) is 10.5 Å². The zero-order chi connectivity index (χ0) is 24.4. The zero-order valence-electron chi connectivity index (χ0n) is 17.0. The van der Waals surface area contributed by atoms with Crippen molar-refractivity contribution in [3.8, 4) is 0 Å². The molecule has 3 amide bonds. The van der Waals surface area contributed by atoms with Crippen molar-refractivity contribution in [3.05, 3.63) is 92.8 Å². The van der Waals surface area contributed by atoms with Gasteiger partial charge in [-0.25, -0.2) is 9.07 Å². The summed E-state index contributed by atoms with van der Waals surface area (Å²) < 4.78 is 15.1. The van der Waals surface area contributed by atoms with Gasteiger partial charge in [0.1, 0.15) is 11.5 Å². The van der Waals surface area contributed by atoms with Gasteiger partial charge in [-0.3, -0.25) is 19.8 Å². The molecule has 0 fully saturated rings. The summed E-state index contributed by atoms with van der Waals surface area (Å²) in [7, 11) is 0. The summed E-state index contributed by atoms with van der Waals surface area (Å²) in [5, 5.41) is 5.94. The van der Waals surface area contributed by atoms with Crippen LogP contribution < -0.4 is 16.1 Å². The van der Waals surface area contributed by atoms with Crippen molar-refractivity contribution in [1.29, 1.82) is 0 Å². The molecule has 11 heteroatoms. The molecule has 0 aliphatic carbocycles. The maximum Gasteiger partial charge on any atom is 0.328 e. The number of benzene rings is 3. The third-order valence-corrected chi connectivity index (χ3v) is 6.03. The fraction of sp³-hybridized carbons (Fsp3) is 0. The highest BCUT2D eigenvalue weighted by molar-refractivity contribution is 9.10. The maximum absolute atomic E-state index is 13.2. The second kappa shape index (κ2) is 9.84. The van der Waals surface area contributed by atoms with E-state index in [0.29, 0.717) is 16.6 Å². The Balaban J connectivity index is 1.63. The monoisotopic (exact) mass is 562 g/mol. The molecule has 4 rings (SSSR count). The van der Waals surface area contributed by atoms with Gasteiger partial charge in [-0.15, -0.1) is 0 Å². The lowest BCUT2D eigenvalue weighted by Crippen LogP contribution is -2.36. The number of hydrogen-bond acceptors (Lipinski definition) is 3. The van der Waals surface area contributed by atoms with Crippen molar-refractivity contribution in [2.24, 2.45) is 0 Å². The van der Waals surface area contributed by atoms with Gasteiger partial charge in [-0.2, -0.15) is 0 Å². The van der Waals surface area contributed by atoms with E-state index in [0.717, 1.165) is 4.47 Å². The van der Waals surface area contributed by atoms with Crippen molar-refractivity contribution in [1.82, 2.24) is 4.68 Å². The van der Waals surface area contributed by atoms with Gasteiger partial charge in [-0.1, -0.05) is 45.2 Å². The van der Waals surface area contributed by atoms with Crippen LogP contribution in [0.3, 0.4) is 0 Å². The molecule has 0 saturated heterocycles. The second-order valence-corrected chi connectivity index (χ2v) is 8.73. The van der Waals surface area contributed by atoms with Gasteiger partial charge >= 0.3 is 11.8 Å². The standard InChI is InChI=1S/C23H14BrCl2FN4O3/c24-13-4-9-18-12(10-13)11-19(21(32)28-15-7-5-14(27)6-8-15)31(18)30-23(34)22(33)29-17-3-1-2-16(25)20(17)26/h1-11H,(H,28,32)(H,29,33)(H,30,34). The Hall–Kier alpha value is -3.40. The summed E-state index contributed by atoms with van der Waals surface area (Å²) in [6.07, 6.45) is 0. The van der Waals surface area contributed by atoms with Gasteiger partial charge in [0.2, 0.25) is 0 Å². The van der Waals surface area contributed by atoms with Crippen LogP contribution in [0, 0.1) is 5.82 Å². The van der Waals surface area contributed by atoms with E-state index in [1.165, 1.54) is 41.1 Å². The van der Waals surface area contributed by atoms with Crippen LogP contribution in [0.15, 0.2) is 71.2 Å². The Morgan fingerprint density at radius 3 is 2.35 bits per heavy atom. The van der Waals surface area contributed by atoms with Gasteiger partial charge < -0.3 is 10.6 Å². The van der Waals surface area contributed by atoms with Crippen molar-refractivity contribution in [2.75, 3.05) is 16.1 Å². The van der Waals surface area contributed by atoms with Crippen LogP contribution in [0.5, 0.6) is 0 Å². The molecule has 0 unspecified atom stereocenters. The van der Waals surface area contributed by atoms with Crippen molar-refractivity contribution >= 4 is 79.1 Å². The first kappa shape index (κ1) is 23.7. The van der Waals surface area contributed by atoms with E-state index in [2.05, 4.69) is 32.0 Å². The van der Waals surface area contributed by atoms with E-state index in [1.54, 1.807) is 30.3 Å². The lowest BCUT2D eigenvalue weighted by Gasteiger charge is -2.13. The molecule has 0 atom stereocenters. The predicted octanol–water partition coefficient (Wildman–Crippen LogP) is 5.81. The minimum atomic E-state index is -1.05. The number of hydrogen-bond donors (Lipinski definition) is 3. The number of carbonyl (C=O) groups is 3. The van der Waals surface area contributed by atoms with E-state index in [4.69, 9.17) is 23.2 Å². The third kappa shape index (κ3) is 5.06. The van der Waals surface area contributed by atoms with Gasteiger partial charge in [0.15, 0.2) is 0 Å². The van der Waals surface area contributed by atoms with Crippen LogP contribution in [0.4, 0.5) is 15.8 Å². The van der Waals surface area contributed by atoms with E-state index >= 15 is 0 Å². The highest BCUT2D eigenvalue weighted by atomic mass is 79.9. The van der Waals surface area contributed by atoms with Crippen molar-refractivity contribution < 1.29 is 18.8 Å². The Morgan fingerprint density at radius 2 is 1.62 bits per heavy atom. The molecule has 0 aliphatic rings.